The van der Waals surface area contributed by atoms with Crippen LogP contribution in [0.25, 0.3) is 0 Å². The van der Waals surface area contributed by atoms with Crippen molar-refractivity contribution in [2.75, 3.05) is 5.32 Å². The number of aromatic nitrogens is 1. The Morgan fingerprint density at radius 3 is 2.93 bits per heavy atom. The molecule has 1 heterocycles. The Kier molecular flexibility index (Phi) is 3.12. The van der Waals surface area contributed by atoms with Crippen LogP contribution in [0.1, 0.15) is 25.7 Å². The van der Waals surface area contributed by atoms with E-state index in [1.54, 1.807) is 12.3 Å². The van der Waals surface area contributed by atoms with Crippen LogP contribution < -0.4 is 5.32 Å². The molecule has 0 fully saturated rings. The second-order valence-electron chi connectivity index (χ2n) is 3.64. The molecule has 1 N–H and O–H groups in total. The van der Waals surface area contributed by atoms with Gasteiger partial charge in [0.25, 0.3) is 5.91 Å². The van der Waals surface area contributed by atoms with Gasteiger partial charge in [0.05, 0.1) is 0 Å². The van der Waals surface area contributed by atoms with Crippen LogP contribution in [0.2, 0.25) is 0 Å². The van der Waals surface area contributed by atoms with Crippen molar-refractivity contribution in [3.63, 3.8) is 0 Å². The average Bonchev–Trinajstić information content (AvgIpc) is 2.31. The van der Waals surface area contributed by atoms with Gasteiger partial charge in [0.15, 0.2) is 0 Å². The molecule has 1 aliphatic rings. The highest BCUT2D eigenvalue weighted by Gasteiger charge is 2.12. The summed E-state index contributed by atoms with van der Waals surface area (Å²) in [6, 6.07) is 5.48. The third kappa shape index (κ3) is 2.65. The molecular formula is C12H14N2O. The minimum atomic E-state index is -0.00611. The van der Waals surface area contributed by atoms with E-state index in [4.69, 9.17) is 0 Å². The zero-order valence-electron chi connectivity index (χ0n) is 8.57. The quantitative estimate of drug-likeness (QED) is 0.800. The molecule has 0 spiro atoms. The molecule has 0 radical (unpaired) electrons. The molecule has 2 rings (SSSR count). The van der Waals surface area contributed by atoms with Crippen molar-refractivity contribution in [1.82, 2.24) is 4.98 Å². The lowest BCUT2D eigenvalue weighted by molar-refractivity contribution is -0.113. The number of nitrogens with zero attached hydrogens (tertiary/aromatic N) is 1. The zero-order chi connectivity index (χ0) is 10.5. The molecular weight excluding hydrogens is 188 g/mol. The Balaban J connectivity index is 2.00. The van der Waals surface area contributed by atoms with Gasteiger partial charge in [0.1, 0.15) is 5.82 Å². The molecule has 0 unspecified atom stereocenters. The standard InChI is InChI=1S/C12H14N2O/c15-12(10-6-2-1-3-7-10)14-11-8-4-5-9-13-11/h4-6,8-9H,1-3,7H2,(H,13,14,15). The number of amides is 1. The molecule has 0 atom stereocenters. The fourth-order valence-corrected chi connectivity index (χ4v) is 1.68. The first-order valence-electron chi connectivity index (χ1n) is 5.28. The molecule has 78 valence electrons. The van der Waals surface area contributed by atoms with Gasteiger partial charge in [0.2, 0.25) is 0 Å². The fraction of sp³-hybridized carbons (Fsp3) is 0.333. The molecule has 0 aliphatic heterocycles. The number of anilines is 1. The average molecular weight is 202 g/mol. The molecule has 15 heavy (non-hydrogen) atoms. The summed E-state index contributed by atoms with van der Waals surface area (Å²) in [4.78, 5) is 15.8. The van der Waals surface area contributed by atoms with Crippen LogP contribution in [-0.4, -0.2) is 10.9 Å². The molecule has 1 aliphatic carbocycles. The van der Waals surface area contributed by atoms with E-state index in [0.29, 0.717) is 5.82 Å². The molecule has 1 amide bonds. The predicted molar refractivity (Wildman–Crippen MR) is 59.4 cm³/mol. The minimum absolute atomic E-state index is 0.00611. The summed E-state index contributed by atoms with van der Waals surface area (Å²) in [6.45, 7) is 0. The number of carbonyl (C=O) groups excluding carboxylic acids is 1. The van der Waals surface area contributed by atoms with Crippen LogP contribution in [0.5, 0.6) is 0 Å². The number of hydrogen-bond acceptors (Lipinski definition) is 2. The summed E-state index contributed by atoms with van der Waals surface area (Å²) < 4.78 is 0. The van der Waals surface area contributed by atoms with Crippen molar-refractivity contribution in [3.8, 4) is 0 Å². The van der Waals surface area contributed by atoms with Crippen molar-refractivity contribution in [1.29, 1.82) is 0 Å². The van der Waals surface area contributed by atoms with Crippen molar-refractivity contribution >= 4 is 11.7 Å². The summed E-state index contributed by atoms with van der Waals surface area (Å²) in [5, 5.41) is 2.79. The van der Waals surface area contributed by atoms with Crippen molar-refractivity contribution < 1.29 is 4.79 Å². The number of carbonyl (C=O) groups is 1. The van der Waals surface area contributed by atoms with Gasteiger partial charge >= 0.3 is 0 Å². The normalized spacial score (nSPS) is 15.6. The Morgan fingerprint density at radius 2 is 2.27 bits per heavy atom. The second kappa shape index (κ2) is 4.73. The van der Waals surface area contributed by atoms with E-state index in [2.05, 4.69) is 10.3 Å². The monoisotopic (exact) mass is 202 g/mol. The maximum atomic E-state index is 11.7. The smallest absolute Gasteiger partial charge is 0.252 e. The van der Waals surface area contributed by atoms with E-state index < -0.39 is 0 Å². The largest absolute Gasteiger partial charge is 0.307 e. The van der Waals surface area contributed by atoms with E-state index >= 15 is 0 Å². The first kappa shape index (κ1) is 9.90. The summed E-state index contributed by atoms with van der Waals surface area (Å²) in [6.07, 6.45) is 7.91. The highest BCUT2D eigenvalue weighted by Crippen LogP contribution is 2.18. The molecule has 0 bridgehead atoms. The first-order valence-corrected chi connectivity index (χ1v) is 5.28. The topological polar surface area (TPSA) is 42.0 Å². The fourth-order valence-electron chi connectivity index (χ4n) is 1.68. The van der Waals surface area contributed by atoms with Gasteiger partial charge in [-0.25, -0.2) is 4.98 Å². The van der Waals surface area contributed by atoms with E-state index in [1.807, 2.05) is 18.2 Å². The molecule has 0 aromatic carbocycles. The summed E-state index contributed by atoms with van der Waals surface area (Å²) in [5.74, 6) is 0.613. The first-order chi connectivity index (χ1) is 7.36. The zero-order valence-corrected chi connectivity index (χ0v) is 8.57. The third-order valence-electron chi connectivity index (χ3n) is 2.49. The van der Waals surface area contributed by atoms with E-state index in [0.717, 1.165) is 24.8 Å². The van der Waals surface area contributed by atoms with Gasteiger partial charge < -0.3 is 5.32 Å². The van der Waals surface area contributed by atoms with E-state index in [1.165, 1.54) is 6.42 Å². The van der Waals surface area contributed by atoms with Crippen LogP contribution in [0.3, 0.4) is 0 Å². The number of nitrogens with one attached hydrogen (secondary N) is 1. The lowest BCUT2D eigenvalue weighted by Crippen LogP contribution is -2.16. The summed E-state index contributed by atoms with van der Waals surface area (Å²) in [5.41, 5.74) is 0.895. The Labute approximate surface area is 89.2 Å². The van der Waals surface area contributed by atoms with Crippen molar-refractivity contribution in [2.45, 2.75) is 25.7 Å². The Bertz CT molecular complexity index is 370. The summed E-state index contributed by atoms with van der Waals surface area (Å²) >= 11 is 0. The van der Waals surface area contributed by atoms with Crippen molar-refractivity contribution in [3.05, 3.63) is 36.0 Å². The maximum absolute atomic E-state index is 11.7. The van der Waals surface area contributed by atoms with Crippen molar-refractivity contribution in [2.24, 2.45) is 0 Å². The molecule has 0 saturated carbocycles. The van der Waals surface area contributed by atoms with Crippen LogP contribution in [0, 0.1) is 0 Å². The molecule has 1 aromatic rings. The highest BCUT2D eigenvalue weighted by atomic mass is 16.1. The predicted octanol–water partition coefficient (Wildman–Crippen LogP) is 2.52. The van der Waals surface area contributed by atoms with Gasteiger partial charge in [-0.05, 0) is 37.8 Å². The molecule has 1 aromatic heterocycles. The lowest BCUT2D eigenvalue weighted by Gasteiger charge is -2.11. The summed E-state index contributed by atoms with van der Waals surface area (Å²) in [7, 11) is 0. The number of rotatable bonds is 2. The molecule has 3 heteroatoms. The van der Waals surface area contributed by atoms with Gasteiger partial charge in [-0.1, -0.05) is 12.1 Å². The van der Waals surface area contributed by atoms with Gasteiger partial charge in [-0.15, -0.1) is 0 Å². The van der Waals surface area contributed by atoms with Crippen LogP contribution in [0.15, 0.2) is 36.0 Å². The van der Waals surface area contributed by atoms with Gasteiger partial charge in [-0.2, -0.15) is 0 Å². The van der Waals surface area contributed by atoms with Crippen LogP contribution >= 0.6 is 0 Å². The lowest BCUT2D eigenvalue weighted by atomic mass is 9.99. The van der Waals surface area contributed by atoms with Gasteiger partial charge in [0, 0.05) is 11.8 Å². The maximum Gasteiger partial charge on any atom is 0.252 e. The third-order valence-corrected chi connectivity index (χ3v) is 2.49. The van der Waals surface area contributed by atoms with Crippen LogP contribution in [-0.2, 0) is 4.79 Å². The molecule has 3 nitrogen and oxygen atoms in total. The van der Waals surface area contributed by atoms with E-state index in [9.17, 15) is 4.79 Å². The number of allylic oxidation sites excluding steroid dienone is 1. The molecule has 0 saturated heterocycles. The second-order valence-corrected chi connectivity index (χ2v) is 3.64. The Morgan fingerprint density at radius 1 is 1.33 bits per heavy atom. The highest BCUT2D eigenvalue weighted by molar-refractivity contribution is 6.03. The minimum Gasteiger partial charge on any atom is -0.307 e. The van der Waals surface area contributed by atoms with Crippen LogP contribution in [0.4, 0.5) is 5.82 Å². The number of pyridine rings is 1. The SMILES string of the molecule is O=C(Nc1ccccn1)C1=CCCCC1. The van der Waals surface area contributed by atoms with Gasteiger partial charge in [-0.3, -0.25) is 4.79 Å². The van der Waals surface area contributed by atoms with E-state index in [-0.39, 0.29) is 5.91 Å². The Hall–Kier alpha value is -1.64. The number of hydrogen-bond donors (Lipinski definition) is 1.